The summed E-state index contributed by atoms with van der Waals surface area (Å²) in [4.78, 5) is 0. The molecule has 64 valence electrons. The van der Waals surface area contributed by atoms with E-state index in [0.717, 1.165) is 0 Å². The molecule has 0 fully saturated rings. The molecule has 0 spiro atoms. The van der Waals surface area contributed by atoms with Crippen molar-refractivity contribution in [2.24, 2.45) is 0 Å². The fourth-order valence-corrected chi connectivity index (χ4v) is 0. The largest absolute Gasteiger partial charge is 0.349 e. The SMILES string of the molecule is FCC(F)(F)Cl.FCCF. The number of halogens is 6. The molecule has 0 radical (unpaired) electrons. The van der Waals surface area contributed by atoms with Crippen molar-refractivity contribution in [1.82, 2.24) is 0 Å². The fourth-order valence-electron chi connectivity index (χ4n) is 0. The lowest BCUT2D eigenvalue weighted by Gasteiger charge is -1.95. The minimum atomic E-state index is -3.65. The highest BCUT2D eigenvalue weighted by atomic mass is 35.5. The van der Waals surface area contributed by atoms with E-state index in [-0.39, 0.29) is 0 Å². The molecule has 0 aromatic rings. The van der Waals surface area contributed by atoms with Crippen molar-refractivity contribution in [2.45, 2.75) is 5.38 Å². The van der Waals surface area contributed by atoms with Crippen molar-refractivity contribution in [3.8, 4) is 0 Å². The van der Waals surface area contributed by atoms with E-state index in [2.05, 4.69) is 11.6 Å². The Morgan fingerprint density at radius 3 is 1.20 bits per heavy atom. The van der Waals surface area contributed by atoms with Crippen molar-refractivity contribution in [3.05, 3.63) is 0 Å². The molecule has 0 aliphatic heterocycles. The van der Waals surface area contributed by atoms with Crippen LogP contribution in [0.4, 0.5) is 22.0 Å². The molecule has 6 heteroatoms. The van der Waals surface area contributed by atoms with Crippen LogP contribution in [0.1, 0.15) is 0 Å². The maximum Gasteiger partial charge on any atom is 0.349 e. The lowest BCUT2D eigenvalue weighted by molar-refractivity contribution is 0.0653. The quantitative estimate of drug-likeness (QED) is 0.457. The van der Waals surface area contributed by atoms with Gasteiger partial charge in [-0.05, 0) is 11.6 Å². The fraction of sp³-hybridized carbons (Fsp3) is 1.00. The van der Waals surface area contributed by atoms with E-state index < -0.39 is 25.4 Å². The summed E-state index contributed by atoms with van der Waals surface area (Å²) >= 11 is 4.01. The van der Waals surface area contributed by atoms with Crippen molar-refractivity contribution in [3.63, 3.8) is 0 Å². The van der Waals surface area contributed by atoms with Gasteiger partial charge in [0.1, 0.15) is 13.3 Å². The lowest BCUT2D eigenvalue weighted by Crippen LogP contribution is -2.06. The molecule has 0 nitrogen and oxygen atoms in total. The minimum Gasteiger partial charge on any atom is -0.248 e. The molecule has 0 amide bonds. The van der Waals surface area contributed by atoms with Crippen LogP contribution in [0.25, 0.3) is 0 Å². The number of hydrogen-bond donors (Lipinski definition) is 0. The molecule has 0 aliphatic rings. The first-order chi connectivity index (χ1) is 4.47. The summed E-state index contributed by atoms with van der Waals surface area (Å²) in [6.45, 7) is -3.49. The van der Waals surface area contributed by atoms with Crippen LogP contribution in [0.5, 0.6) is 0 Å². The third-order valence-electron chi connectivity index (χ3n) is 0.223. The zero-order valence-corrected chi connectivity index (χ0v) is 5.65. The van der Waals surface area contributed by atoms with Gasteiger partial charge in [-0.2, -0.15) is 8.78 Å². The Kier molecular flexibility index (Phi) is 8.89. The summed E-state index contributed by atoms with van der Waals surface area (Å²) in [5, 5.41) is -3.65. The molecule has 0 unspecified atom stereocenters. The van der Waals surface area contributed by atoms with Crippen molar-refractivity contribution in [1.29, 1.82) is 0 Å². The van der Waals surface area contributed by atoms with E-state index in [1.165, 1.54) is 0 Å². The molecule has 10 heavy (non-hydrogen) atoms. The Labute approximate surface area is 60.0 Å². The summed E-state index contributed by atoms with van der Waals surface area (Å²) in [5.74, 6) is 0. The van der Waals surface area contributed by atoms with Gasteiger partial charge in [0.25, 0.3) is 0 Å². The molecule has 0 rings (SSSR count). The van der Waals surface area contributed by atoms with Gasteiger partial charge in [0, 0.05) is 0 Å². The number of alkyl halides is 6. The normalized spacial score (nSPS) is 10.2. The number of hydrogen-bond acceptors (Lipinski definition) is 0. The van der Waals surface area contributed by atoms with Gasteiger partial charge in [-0.15, -0.1) is 0 Å². The second-order valence-corrected chi connectivity index (χ2v) is 1.68. The summed E-state index contributed by atoms with van der Waals surface area (Å²) < 4.78 is 53.0. The number of rotatable bonds is 2. The molecular weight excluding hydrogens is 178 g/mol. The highest BCUT2D eigenvalue weighted by molar-refractivity contribution is 6.21. The van der Waals surface area contributed by atoms with E-state index in [1.807, 2.05) is 0 Å². The van der Waals surface area contributed by atoms with Crippen LogP contribution in [0, 0.1) is 0 Å². The van der Waals surface area contributed by atoms with Crippen molar-refractivity contribution in [2.75, 3.05) is 20.0 Å². The second kappa shape index (κ2) is 7.05. The van der Waals surface area contributed by atoms with Gasteiger partial charge >= 0.3 is 5.38 Å². The first-order valence-corrected chi connectivity index (χ1v) is 2.60. The van der Waals surface area contributed by atoms with E-state index in [9.17, 15) is 22.0 Å². The average molecular weight is 185 g/mol. The molecule has 0 aromatic heterocycles. The minimum absolute atomic E-state index is 0.847. The molecule has 0 N–H and O–H groups in total. The molecule has 0 aliphatic carbocycles. The Bertz CT molecular complexity index is 59.2. The highest BCUT2D eigenvalue weighted by Crippen LogP contribution is 2.17. The van der Waals surface area contributed by atoms with E-state index in [0.29, 0.717) is 0 Å². The van der Waals surface area contributed by atoms with Crippen LogP contribution in [-0.2, 0) is 0 Å². The Hall–Kier alpha value is -0.0600. The molecule has 0 atom stereocenters. The summed E-state index contributed by atoms with van der Waals surface area (Å²) in [6, 6.07) is 0. The van der Waals surface area contributed by atoms with E-state index in [1.54, 1.807) is 0 Å². The molecule has 0 saturated heterocycles. The van der Waals surface area contributed by atoms with Crippen LogP contribution in [0.15, 0.2) is 0 Å². The zero-order valence-electron chi connectivity index (χ0n) is 4.89. The smallest absolute Gasteiger partial charge is 0.248 e. The van der Waals surface area contributed by atoms with Gasteiger partial charge in [-0.25, -0.2) is 13.2 Å². The average Bonchev–Trinajstić information content (AvgIpc) is 1.87. The molecule has 0 aromatic carbocycles. The predicted octanol–water partition coefficient (Wildman–Crippen LogP) is 2.71. The zero-order chi connectivity index (χ0) is 8.62. The van der Waals surface area contributed by atoms with Crippen LogP contribution in [0.3, 0.4) is 0 Å². The lowest BCUT2D eigenvalue weighted by atomic mass is 10.8. The van der Waals surface area contributed by atoms with Gasteiger partial charge in [0.05, 0.1) is 0 Å². The van der Waals surface area contributed by atoms with Gasteiger partial charge in [-0.3, -0.25) is 0 Å². The predicted molar refractivity (Wildman–Crippen MR) is 28.7 cm³/mol. The summed E-state index contributed by atoms with van der Waals surface area (Å²) in [6.07, 6.45) is 0. The topological polar surface area (TPSA) is 0 Å². The first-order valence-electron chi connectivity index (χ1n) is 2.22. The van der Waals surface area contributed by atoms with E-state index >= 15 is 0 Å². The van der Waals surface area contributed by atoms with Crippen LogP contribution in [0.2, 0.25) is 0 Å². The Morgan fingerprint density at radius 2 is 1.20 bits per heavy atom. The highest BCUT2D eigenvalue weighted by Gasteiger charge is 2.23. The Morgan fingerprint density at radius 1 is 1.00 bits per heavy atom. The Balaban J connectivity index is 0. The van der Waals surface area contributed by atoms with Crippen LogP contribution >= 0.6 is 11.6 Å². The van der Waals surface area contributed by atoms with Crippen molar-refractivity contribution < 1.29 is 22.0 Å². The van der Waals surface area contributed by atoms with Gasteiger partial charge in [0.2, 0.25) is 0 Å². The van der Waals surface area contributed by atoms with Gasteiger partial charge in [-0.1, -0.05) is 0 Å². The summed E-state index contributed by atoms with van der Waals surface area (Å²) in [7, 11) is 0. The molecule has 0 bridgehead atoms. The van der Waals surface area contributed by atoms with Gasteiger partial charge < -0.3 is 0 Å². The maximum absolute atomic E-state index is 10.8. The molecular formula is C4H6ClF5. The molecule has 0 heterocycles. The van der Waals surface area contributed by atoms with Crippen LogP contribution < -0.4 is 0 Å². The maximum atomic E-state index is 10.8. The summed E-state index contributed by atoms with van der Waals surface area (Å²) in [5.41, 5.74) is 0. The van der Waals surface area contributed by atoms with E-state index in [4.69, 9.17) is 0 Å². The standard InChI is InChI=1S/C2H2ClF3.C2H4F2/c3-2(5,6)1-4;3-1-2-4/h1H2;1-2H2. The molecule has 0 saturated carbocycles. The second-order valence-electron chi connectivity index (χ2n) is 1.13. The van der Waals surface area contributed by atoms with Crippen molar-refractivity contribution >= 4 is 11.6 Å². The van der Waals surface area contributed by atoms with Crippen LogP contribution in [-0.4, -0.2) is 25.4 Å². The van der Waals surface area contributed by atoms with Gasteiger partial charge in [0.15, 0.2) is 6.67 Å². The third kappa shape index (κ3) is 24.6. The third-order valence-corrected chi connectivity index (χ3v) is 0.324. The monoisotopic (exact) mass is 184 g/mol. The first kappa shape index (κ1) is 12.6.